The fourth-order valence-electron chi connectivity index (χ4n) is 2.86. The van der Waals surface area contributed by atoms with Crippen LogP contribution in [0.1, 0.15) is 49.8 Å². The van der Waals surface area contributed by atoms with E-state index in [1.54, 1.807) is 7.11 Å². The molecule has 1 unspecified atom stereocenters. The molecule has 0 amide bonds. The topological polar surface area (TPSA) is 30.5 Å². The molecule has 1 aliphatic rings. The molecule has 0 saturated heterocycles. The maximum Gasteiger partial charge on any atom is 0.123 e. The maximum atomic E-state index is 5.93. The van der Waals surface area contributed by atoms with E-state index in [2.05, 4.69) is 31.3 Å². The lowest BCUT2D eigenvalue weighted by Crippen LogP contribution is -2.26. The fourth-order valence-corrected chi connectivity index (χ4v) is 2.86. The minimum absolute atomic E-state index is 0.200. The molecule has 1 aliphatic carbocycles. The van der Waals surface area contributed by atoms with E-state index in [1.165, 1.54) is 36.8 Å². The van der Waals surface area contributed by atoms with Crippen LogP contribution in [-0.2, 0) is 4.74 Å². The first kappa shape index (κ1) is 16.3. The van der Waals surface area contributed by atoms with Crippen LogP contribution in [0.2, 0.25) is 0 Å². The maximum absolute atomic E-state index is 5.93. The second-order valence-electron chi connectivity index (χ2n) is 6.02. The molecular weight excluding hydrogens is 262 g/mol. The summed E-state index contributed by atoms with van der Waals surface area (Å²) in [5.41, 5.74) is 2.45. The third-order valence-electron chi connectivity index (χ3n) is 4.39. The summed E-state index contributed by atoms with van der Waals surface area (Å²) in [6.45, 7) is 6.75. The zero-order valence-electron chi connectivity index (χ0n) is 13.7. The van der Waals surface area contributed by atoms with Crippen LogP contribution in [0.15, 0.2) is 18.2 Å². The van der Waals surface area contributed by atoms with Gasteiger partial charge in [-0.05, 0) is 31.9 Å². The van der Waals surface area contributed by atoms with Gasteiger partial charge in [-0.1, -0.05) is 43.9 Å². The van der Waals surface area contributed by atoms with Crippen LogP contribution in [0, 0.1) is 12.8 Å². The van der Waals surface area contributed by atoms with Crippen LogP contribution in [0.5, 0.6) is 5.75 Å². The van der Waals surface area contributed by atoms with Crippen LogP contribution in [0.4, 0.5) is 0 Å². The van der Waals surface area contributed by atoms with Gasteiger partial charge in [0.05, 0.1) is 19.8 Å². The van der Waals surface area contributed by atoms with Gasteiger partial charge in [0.25, 0.3) is 0 Å². The van der Waals surface area contributed by atoms with Gasteiger partial charge in [0.1, 0.15) is 5.75 Å². The van der Waals surface area contributed by atoms with Crippen LogP contribution < -0.4 is 10.1 Å². The molecule has 3 nitrogen and oxygen atoms in total. The molecule has 0 spiro atoms. The van der Waals surface area contributed by atoms with Crippen molar-refractivity contribution in [3.05, 3.63) is 29.3 Å². The average Bonchev–Trinajstić information content (AvgIpc) is 2.44. The first-order valence-electron chi connectivity index (χ1n) is 8.20. The predicted octanol–water partition coefficient (Wildman–Crippen LogP) is 3.86. The number of methoxy groups -OCH3 is 1. The summed E-state index contributed by atoms with van der Waals surface area (Å²) < 4.78 is 11.4. The van der Waals surface area contributed by atoms with Crippen molar-refractivity contribution in [1.29, 1.82) is 0 Å². The SMILES string of the molecule is CCNC(COCCC1CCC1)c1cc(C)ccc1OC. The molecule has 0 aromatic heterocycles. The molecule has 0 aliphatic heterocycles. The Kier molecular flexibility index (Phi) is 6.52. The third kappa shape index (κ3) is 4.72. The van der Waals surface area contributed by atoms with Crippen LogP contribution >= 0.6 is 0 Å². The monoisotopic (exact) mass is 291 g/mol. The number of rotatable bonds is 9. The third-order valence-corrected chi connectivity index (χ3v) is 4.39. The first-order valence-corrected chi connectivity index (χ1v) is 8.20. The molecule has 3 heteroatoms. The number of likely N-dealkylation sites (N-methyl/N-ethyl adjacent to an activating group) is 1. The minimum Gasteiger partial charge on any atom is -0.496 e. The van der Waals surface area contributed by atoms with Crippen molar-refractivity contribution >= 4 is 0 Å². The lowest BCUT2D eigenvalue weighted by molar-refractivity contribution is 0.0886. The summed E-state index contributed by atoms with van der Waals surface area (Å²) in [5.74, 6) is 1.85. The van der Waals surface area contributed by atoms with Crippen molar-refractivity contribution < 1.29 is 9.47 Å². The number of ether oxygens (including phenoxy) is 2. The van der Waals surface area contributed by atoms with Gasteiger partial charge >= 0.3 is 0 Å². The summed E-state index contributed by atoms with van der Waals surface area (Å²) in [6, 6.07) is 6.53. The highest BCUT2D eigenvalue weighted by atomic mass is 16.5. The van der Waals surface area contributed by atoms with Crippen molar-refractivity contribution in [3.8, 4) is 5.75 Å². The van der Waals surface area contributed by atoms with E-state index in [0.29, 0.717) is 6.61 Å². The van der Waals surface area contributed by atoms with E-state index < -0.39 is 0 Å². The molecule has 1 fully saturated rings. The lowest BCUT2D eigenvalue weighted by Gasteiger charge is -2.26. The fraction of sp³-hybridized carbons (Fsp3) is 0.667. The number of hydrogen-bond donors (Lipinski definition) is 1. The minimum atomic E-state index is 0.200. The quantitative estimate of drug-likeness (QED) is 0.701. The zero-order chi connectivity index (χ0) is 15.1. The van der Waals surface area contributed by atoms with Gasteiger partial charge in [-0.2, -0.15) is 0 Å². The van der Waals surface area contributed by atoms with Crippen molar-refractivity contribution in [2.24, 2.45) is 5.92 Å². The second-order valence-corrected chi connectivity index (χ2v) is 6.02. The molecule has 0 bridgehead atoms. The van der Waals surface area contributed by atoms with Gasteiger partial charge in [0, 0.05) is 12.2 Å². The van der Waals surface area contributed by atoms with Gasteiger partial charge < -0.3 is 14.8 Å². The molecule has 1 saturated carbocycles. The highest BCUT2D eigenvalue weighted by Crippen LogP contribution is 2.30. The molecule has 1 atom stereocenters. The molecule has 118 valence electrons. The highest BCUT2D eigenvalue weighted by molar-refractivity contribution is 5.39. The Hall–Kier alpha value is -1.06. The van der Waals surface area contributed by atoms with Gasteiger partial charge in [-0.3, -0.25) is 0 Å². The van der Waals surface area contributed by atoms with Crippen LogP contribution in [0.25, 0.3) is 0 Å². The van der Waals surface area contributed by atoms with Gasteiger partial charge in [-0.25, -0.2) is 0 Å². The zero-order valence-corrected chi connectivity index (χ0v) is 13.7. The molecule has 21 heavy (non-hydrogen) atoms. The van der Waals surface area contributed by atoms with Crippen molar-refractivity contribution in [3.63, 3.8) is 0 Å². The first-order chi connectivity index (χ1) is 10.2. The van der Waals surface area contributed by atoms with Crippen molar-refractivity contribution in [2.45, 2.75) is 45.6 Å². The Morgan fingerprint density at radius 1 is 1.33 bits per heavy atom. The summed E-state index contributed by atoms with van der Waals surface area (Å²) >= 11 is 0. The lowest BCUT2D eigenvalue weighted by atomic mass is 9.83. The van der Waals surface area contributed by atoms with E-state index in [0.717, 1.165) is 24.8 Å². The molecule has 0 radical (unpaired) electrons. The standard InChI is InChI=1S/C18H29NO2/c1-4-19-17(13-21-11-10-15-6-5-7-15)16-12-14(2)8-9-18(16)20-3/h8-9,12,15,17,19H,4-7,10-11,13H2,1-3H3. The summed E-state index contributed by atoms with van der Waals surface area (Å²) in [4.78, 5) is 0. The van der Waals surface area contributed by atoms with E-state index in [1.807, 2.05) is 6.07 Å². The Bertz CT molecular complexity index is 429. The highest BCUT2D eigenvalue weighted by Gasteiger charge is 2.18. The largest absolute Gasteiger partial charge is 0.496 e. The van der Waals surface area contributed by atoms with E-state index in [9.17, 15) is 0 Å². The summed E-state index contributed by atoms with van der Waals surface area (Å²) in [6.07, 6.45) is 5.41. The van der Waals surface area contributed by atoms with E-state index in [-0.39, 0.29) is 6.04 Å². The normalized spacial score (nSPS) is 16.5. The number of aryl methyl sites for hydroxylation is 1. The number of nitrogens with one attached hydrogen (secondary N) is 1. The molecule has 0 heterocycles. The Morgan fingerprint density at radius 2 is 2.14 bits per heavy atom. The summed E-state index contributed by atoms with van der Waals surface area (Å²) in [5, 5.41) is 3.51. The van der Waals surface area contributed by atoms with Crippen LogP contribution in [-0.4, -0.2) is 26.9 Å². The van der Waals surface area contributed by atoms with Crippen molar-refractivity contribution in [1.82, 2.24) is 5.32 Å². The predicted molar refractivity (Wildman–Crippen MR) is 86.9 cm³/mol. The van der Waals surface area contributed by atoms with Crippen LogP contribution in [0.3, 0.4) is 0 Å². The van der Waals surface area contributed by atoms with E-state index >= 15 is 0 Å². The van der Waals surface area contributed by atoms with E-state index in [4.69, 9.17) is 9.47 Å². The molecule has 1 N–H and O–H groups in total. The molecule has 1 aromatic rings. The van der Waals surface area contributed by atoms with Gasteiger partial charge in [-0.15, -0.1) is 0 Å². The smallest absolute Gasteiger partial charge is 0.123 e. The second kappa shape index (κ2) is 8.40. The molecular formula is C18H29NO2. The summed E-state index contributed by atoms with van der Waals surface area (Å²) in [7, 11) is 1.73. The number of benzene rings is 1. The van der Waals surface area contributed by atoms with Crippen molar-refractivity contribution in [2.75, 3.05) is 26.9 Å². The molecule has 1 aromatic carbocycles. The number of hydrogen-bond acceptors (Lipinski definition) is 3. The Labute approximate surface area is 129 Å². The van der Waals surface area contributed by atoms with Gasteiger partial charge in [0.15, 0.2) is 0 Å². The Morgan fingerprint density at radius 3 is 2.76 bits per heavy atom. The van der Waals surface area contributed by atoms with Gasteiger partial charge in [0.2, 0.25) is 0 Å². The average molecular weight is 291 g/mol. The Balaban J connectivity index is 1.91. The molecule has 2 rings (SSSR count).